The van der Waals surface area contributed by atoms with Crippen LogP contribution in [0.25, 0.3) is 22.8 Å². The highest BCUT2D eigenvalue weighted by molar-refractivity contribution is 7.98. The van der Waals surface area contributed by atoms with E-state index >= 15 is 0 Å². The van der Waals surface area contributed by atoms with E-state index in [0.717, 1.165) is 27.9 Å². The van der Waals surface area contributed by atoms with Gasteiger partial charge in [-0.25, -0.2) is 0 Å². The molecule has 0 N–H and O–H groups in total. The second-order valence-electron chi connectivity index (χ2n) is 6.22. The van der Waals surface area contributed by atoms with Gasteiger partial charge in [-0.15, -0.1) is 10.2 Å². The van der Waals surface area contributed by atoms with Crippen LogP contribution in [-0.4, -0.2) is 50.7 Å². The molecule has 0 aliphatic carbocycles. The van der Waals surface area contributed by atoms with E-state index in [1.165, 1.54) is 11.8 Å². The van der Waals surface area contributed by atoms with E-state index in [1.54, 1.807) is 26.6 Å². The lowest BCUT2D eigenvalue weighted by atomic mass is 10.2. The van der Waals surface area contributed by atoms with Gasteiger partial charge < -0.3 is 14.0 Å². The van der Waals surface area contributed by atoms with Crippen LogP contribution in [0.3, 0.4) is 0 Å². The summed E-state index contributed by atoms with van der Waals surface area (Å²) in [5.41, 5.74) is 1.80. The van der Waals surface area contributed by atoms with Gasteiger partial charge in [-0.1, -0.05) is 16.9 Å². The molecule has 4 aromatic rings. The van der Waals surface area contributed by atoms with Gasteiger partial charge in [0.2, 0.25) is 11.7 Å². The van der Waals surface area contributed by atoms with Gasteiger partial charge in [-0.2, -0.15) is 4.98 Å². The van der Waals surface area contributed by atoms with Crippen molar-refractivity contribution in [2.75, 3.05) is 20.8 Å². The summed E-state index contributed by atoms with van der Waals surface area (Å²) >= 11 is 1.48. The predicted molar refractivity (Wildman–Crippen MR) is 111 cm³/mol. The Morgan fingerprint density at radius 1 is 1.00 bits per heavy atom. The molecule has 4 rings (SSSR count). The number of ether oxygens (including phenoxy) is 2. The van der Waals surface area contributed by atoms with Crippen molar-refractivity contribution in [3.05, 3.63) is 54.7 Å². The minimum Gasteiger partial charge on any atom is -0.497 e. The summed E-state index contributed by atoms with van der Waals surface area (Å²) in [6.07, 6.45) is 3.47. The van der Waals surface area contributed by atoms with Crippen LogP contribution in [0.15, 0.2) is 58.5 Å². The quantitative estimate of drug-likeness (QED) is 0.374. The highest BCUT2D eigenvalue weighted by Gasteiger charge is 2.16. The lowest BCUT2D eigenvalue weighted by Crippen LogP contribution is -2.07. The molecule has 0 saturated heterocycles. The highest BCUT2D eigenvalue weighted by atomic mass is 32.2. The lowest BCUT2D eigenvalue weighted by Gasteiger charge is -2.08. The molecule has 3 heterocycles. The van der Waals surface area contributed by atoms with Crippen LogP contribution in [0.1, 0.15) is 5.89 Å². The van der Waals surface area contributed by atoms with Crippen LogP contribution in [0.2, 0.25) is 0 Å². The second kappa shape index (κ2) is 9.51. The van der Waals surface area contributed by atoms with Crippen molar-refractivity contribution in [3.63, 3.8) is 0 Å². The standard InChI is InChI=1S/C20H20N6O3S/c1-27-12-11-26-19(15-7-9-21-10-8-15)23-24-20(26)30-13-17-22-18(25-29-17)14-3-5-16(28-2)6-4-14/h3-10H,11-13H2,1-2H3. The predicted octanol–water partition coefficient (Wildman–Crippen LogP) is 3.34. The summed E-state index contributed by atoms with van der Waals surface area (Å²) in [5.74, 6) is 3.06. The van der Waals surface area contributed by atoms with Crippen molar-refractivity contribution in [2.24, 2.45) is 0 Å². The zero-order valence-corrected chi connectivity index (χ0v) is 17.4. The largest absolute Gasteiger partial charge is 0.497 e. The van der Waals surface area contributed by atoms with Crippen LogP contribution in [0.4, 0.5) is 0 Å². The van der Waals surface area contributed by atoms with E-state index in [-0.39, 0.29) is 0 Å². The molecule has 10 heteroatoms. The van der Waals surface area contributed by atoms with E-state index in [0.29, 0.717) is 30.6 Å². The van der Waals surface area contributed by atoms with Gasteiger partial charge in [0, 0.05) is 30.6 Å². The van der Waals surface area contributed by atoms with E-state index in [9.17, 15) is 0 Å². The SMILES string of the molecule is COCCn1c(SCc2nc(-c3ccc(OC)cc3)no2)nnc1-c1ccncc1. The molecule has 0 radical (unpaired) electrons. The van der Waals surface area contributed by atoms with Crippen LogP contribution in [0, 0.1) is 0 Å². The Bertz CT molecular complexity index is 1080. The Morgan fingerprint density at radius 2 is 1.80 bits per heavy atom. The Hall–Kier alpha value is -3.24. The number of aromatic nitrogens is 6. The molecule has 0 bridgehead atoms. The third-order valence-electron chi connectivity index (χ3n) is 4.32. The fraction of sp³-hybridized carbons (Fsp3) is 0.250. The summed E-state index contributed by atoms with van der Waals surface area (Å²) in [6.45, 7) is 1.18. The number of methoxy groups -OCH3 is 2. The van der Waals surface area contributed by atoms with Crippen molar-refractivity contribution in [2.45, 2.75) is 17.5 Å². The fourth-order valence-electron chi connectivity index (χ4n) is 2.79. The molecule has 0 saturated carbocycles. The lowest BCUT2D eigenvalue weighted by molar-refractivity contribution is 0.185. The molecule has 0 aliphatic rings. The number of pyridine rings is 1. The number of hydrogen-bond acceptors (Lipinski definition) is 9. The monoisotopic (exact) mass is 424 g/mol. The van der Waals surface area contributed by atoms with Crippen LogP contribution < -0.4 is 4.74 Å². The first-order chi connectivity index (χ1) is 14.8. The molecule has 0 amide bonds. The van der Waals surface area contributed by atoms with Crippen LogP contribution in [-0.2, 0) is 17.0 Å². The van der Waals surface area contributed by atoms with Gasteiger partial charge in [-0.05, 0) is 36.4 Å². The number of nitrogens with zero attached hydrogens (tertiary/aromatic N) is 6. The normalized spacial score (nSPS) is 11.0. The van der Waals surface area contributed by atoms with Gasteiger partial charge in [0.05, 0.1) is 26.0 Å². The molecule has 9 nitrogen and oxygen atoms in total. The molecule has 0 fully saturated rings. The van der Waals surface area contributed by atoms with Crippen LogP contribution >= 0.6 is 11.8 Å². The second-order valence-corrected chi connectivity index (χ2v) is 7.16. The van der Waals surface area contributed by atoms with Crippen molar-refractivity contribution in [1.82, 2.24) is 29.9 Å². The molecule has 0 unspecified atom stereocenters. The van der Waals surface area contributed by atoms with Crippen molar-refractivity contribution >= 4 is 11.8 Å². The fourth-order valence-corrected chi connectivity index (χ4v) is 3.59. The third kappa shape index (κ3) is 4.50. The molecule has 3 aromatic heterocycles. The molecule has 154 valence electrons. The van der Waals surface area contributed by atoms with E-state index in [4.69, 9.17) is 14.0 Å². The first-order valence-electron chi connectivity index (χ1n) is 9.21. The Labute approximate surface area is 177 Å². The maximum atomic E-state index is 5.41. The number of thioether (sulfide) groups is 1. The van der Waals surface area contributed by atoms with Crippen LogP contribution in [0.5, 0.6) is 5.75 Å². The topological polar surface area (TPSA) is 101 Å². The van der Waals surface area contributed by atoms with Crippen molar-refractivity contribution < 1.29 is 14.0 Å². The number of rotatable bonds is 9. The molecule has 0 atom stereocenters. The van der Waals surface area contributed by atoms with Gasteiger partial charge in [0.15, 0.2) is 11.0 Å². The summed E-state index contributed by atoms with van der Waals surface area (Å²) < 4.78 is 17.8. The van der Waals surface area contributed by atoms with Crippen molar-refractivity contribution in [3.8, 4) is 28.5 Å². The van der Waals surface area contributed by atoms with E-state index in [2.05, 4.69) is 25.3 Å². The van der Waals surface area contributed by atoms with Gasteiger partial charge >= 0.3 is 0 Å². The minimum atomic E-state index is 0.477. The van der Waals surface area contributed by atoms with Gasteiger partial charge in [-0.3, -0.25) is 9.55 Å². The van der Waals surface area contributed by atoms with E-state index in [1.807, 2.05) is 41.0 Å². The van der Waals surface area contributed by atoms with Gasteiger partial charge in [0.25, 0.3) is 0 Å². The minimum absolute atomic E-state index is 0.477. The molecular weight excluding hydrogens is 404 g/mol. The molecular formula is C20H20N6O3S. The summed E-state index contributed by atoms with van der Waals surface area (Å²) in [4.78, 5) is 8.54. The van der Waals surface area contributed by atoms with E-state index < -0.39 is 0 Å². The summed E-state index contributed by atoms with van der Waals surface area (Å²) in [6, 6.07) is 11.3. The Balaban J connectivity index is 1.49. The zero-order chi connectivity index (χ0) is 20.8. The maximum Gasteiger partial charge on any atom is 0.237 e. The van der Waals surface area contributed by atoms with Crippen molar-refractivity contribution in [1.29, 1.82) is 0 Å². The first kappa shape index (κ1) is 20.0. The summed E-state index contributed by atoms with van der Waals surface area (Å²) in [5, 5.41) is 13.5. The molecule has 30 heavy (non-hydrogen) atoms. The molecule has 1 aromatic carbocycles. The Kier molecular flexibility index (Phi) is 6.35. The molecule has 0 spiro atoms. The third-order valence-corrected chi connectivity index (χ3v) is 5.27. The average molecular weight is 424 g/mol. The number of benzene rings is 1. The number of hydrogen-bond donors (Lipinski definition) is 0. The average Bonchev–Trinajstić information content (AvgIpc) is 3.44. The maximum absolute atomic E-state index is 5.41. The Morgan fingerprint density at radius 3 is 2.53 bits per heavy atom. The highest BCUT2D eigenvalue weighted by Crippen LogP contribution is 2.27. The smallest absolute Gasteiger partial charge is 0.237 e. The zero-order valence-electron chi connectivity index (χ0n) is 16.6. The summed E-state index contributed by atoms with van der Waals surface area (Å²) in [7, 11) is 3.30. The first-order valence-corrected chi connectivity index (χ1v) is 10.2. The van der Waals surface area contributed by atoms with Gasteiger partial charge in [0.1, 0.15) is 5.75 Å². The molecule has 0 aliphatic heterocycles.